The van der Waals surface area contributed by atoms with Crippen LogP contribution in [-0.2, 0) is 10.7 Å². The molecule has 0 amide bonds. The monoisotopic (exact) mass is 368 g/mol. The Balaban J connectivity index is 2.54. The van der Waals surface area contributed by atoms with Crippen LogP contribution in [0.5, 0.6) is 11.5 Å². The zero-order chi connectivity index (χ0) is 18.6. The van der Waals surface area contributed by atoms with E-state index in [1.54, 1.807) is 6.92 Å². The number of ketones is 1. The predicted octanol–water partition coefficient (Wildman–Crippen LogP) is 1.48. The van der Waals surface area contributed by atoms with Gasteiger partial charge in [-0.3, -0.25) is 4.79 Å². The second-order valence-electron chi connectivity index (χ2n) is 4.73. The van der Waals surface area contributed by atoms with E-state index in [4.69, 9.17) is 31.5 Å². The third kappa shape index (κ3) is 3.66. The van der Waals surface area contributed by atoms with Crippen molar-refractivity contribution < 1.29 is 23.8 Å². The minimum Gasteiger partial charge on any atom is -0.493 e. The van der Waals surface area contributed by atoms with Crippen LogP contribution in [0.15, 0.2) is 12.1 Å². The molecule has 25 heavy (non-hydrogen) atoms. The van der Waals surface area contributed by atoms with Gasteiger partial charge in [-0.25, -0.2) is 4.79 Å². The van der Waals surface area contributed by atoms with E-state index < -0.39 is 11.8 Å². The molecule has 0 aliphatic heterocycles. The average molecular weight is 369 g/mol. The van der Waals surface area contributed by atoms with Gasteiger partial charge in [-0.2, -0.15) is 4.80 Å². The number of aromatic nitrogens is 3. The second-order valence-corrected chi connectivity index (χ2v) is 4.97. The highest BCUT2D eigenvalue weighted by Gasteiger charge is 2.28. The fraction of sp³-hybridized carbons (Fsp3) is 0.333. The number of anilines is 1. The number of carbonyl (C=O) groups excluding carboxylic acids is 2. The molecule has 1 aromatic heterocycles. The van der Waals surface area contributed by atoms with E-state index >= 15 is 0 Å². The van der Waals surface area contributed by atoms with E-state index in [2.05, 4.69) is 10.2 Å². The largest absolute Gasteiger partial charge is 0.493 e. The van der Waals surface area contributed by atoms with Crippen LogP contribution in [0.1, 0.15) is 33.5 Å². The molecular weight excluding hydrogens is 352 g/mol. The van der Waals surface area contributed by atoms with Crippen molar-refractivity contribution in [1.29, 1.82) is 0 Å². The summed E-state index contributed by atoms with van der Waals surface area (Å²) < 4.78 is 15.2. The van der Waals surface area contributed by atoms with Crippen LogP contribution in [-0.4, -0.2) is 47.6 Å². The number of nitrogen functional groups attached to an aromatic ring is 1. The van der Waals surface area contributed by atoms with Gasteiger partial charge < -0.3 is 19.9 Å². The third-order valence-corrected chi connectivity index (χ3v) is 3.46. The second kappa shape index (κ2) is 7.84. The summed E-state index contributed by atoms with van der Waals surface area (Å²) in [6.07, 6.45) is 0. The van der Waals surface area contributed by atoms with Crippen LogP contribution >= 0.6 is 11.6 Å². The quantitative estimate of drug-likeness (QED) is 0.338. The van der Waals surface area contributed by atoms with Crippen molar-refractivity contribution in [3.63, 3.8) is 0 Å². The van der Waals surface area contributed by atoms with E-state index in [1.807, 2.05) is 0 Å². The number of hydrogen-bond acceptors (Lipinski definition) is 8. The summed E-state index contributed by atoms with van der Waals surface area (Å²) in [5.41, 5.74) is 5.71. The first-order valence-corrected chi connectivity index (χ1v) is 7.74. The first kappa shape index (κ1) is 18.5. The summed E-state index contributed by atoms with van der Waals surface area (Å²) in [6, 6.07) is 2.72. The topological polar surface area (TPSA) is 119 Å². The Morgan fingerprint density at radius 3 is 2.32 bits per heavy atom. The van der Waals surface area contributed by atoms with Gasteiger partial charge in [-0.1, -0.05) is 11.6 Å². The molecule has 9 nitrogen and oxygen atoms in total. The van der Waals surface area contributed by atoms with Crippen LogP contribution in [0, 0.1) is 0 Å². The Labute approximate surface area is 148 Å². The number of halogens is 1. The highest BCUT2D eigenvalue weighted by atomic mass is 35.5. The number of benzene rings is 1. The maximum atomic E-state index is 12.9. The number of carbonyl (C=O) groups is 2. The van der Waals surface area contributed by atoms with Crippen molar-refractivity contribution in [2.45, 2.75) is 12.9 Å². The van der Waals surface area contributed by atoms with Crippen molar-refractivity contribution in [2.24, 2.45) is 0 Å². The van der Waals surface area contributed by atoms with E-state index in [0.29, 0.717) is 11.5 Å². The molecule has 0 aliphatic carbocycles. The maximum absolute atomic E-state index is 12.9. The van der Waals surface area contributed by atoms with Crippen LogP contribution in [0.4, 0.5) is 5.69 Å². The molecule has 0 saturated heterocycles. The molecular formula is C15H17ClN4O5. The molecule has 0 bridgehead atoms. The number of nitrogens with two attached hydrogens (primary N) is 1. The molecule has 2 N–H and O–H groups in total. The summed E-state index contributed by atoms with van der Waals surface area (Å²) in [5, 5.41) is 7.82. The first-order chi connectivity index (χ1) is 12.0. The Hall–Kier alpha value is -2.81. The van der Waals surface area contributed by atoms with Crippen LogP contribution in [0.25, 0.3) is 0 Å². The van der Waals surface area contributed by atoms with Crippen molar-refractivity contribution in [3.8, 4) is 11.5 Å². The van der Waals surface area contributed by atoms with Gasteiger partial charge in [0.2, 0.25) is 11.5 Å². The first-order valence-electron chi connectivity index (χ1n) is 7.21. The molecule has 2 rings (SSSR count). The van der Waals surface area contributed by atoms with Gasteiger partial charge in [-0.15, -0.1) is 10.2 Å². The Kier molecular flexibility index (Phi) is 5.81. The summed E-state index contributed by atoms with van der Waals surface area (Å²) in [7, 11) is 2.87. The Morgan fingerprint density at radius 2 is 1.76 bits per heavy atom. The lowest BCUT2D eigenvalue weighted by Crippen LogP contribution is -2.14. The van der Waals surface area contributed by atoms with Gasteiger partial charge >= 0.3 is 5.97 Å². The summed E-state index contributed by atoms with van der Waals surface area (Å²) in [5.74, 6) is -0.715. The van der Waals surface area contributed by atoms with Crippen LogP contribution < -0.4 is 15.2 Å². The fourth-order valence-electron chi connectivity index (χ4n) is 2.11. The molecule has 1 aromatic carbocycles. The smallest absolute Gasteiger partial charge is 0.361 e. The Morgan fingerprint density at radius 1 is 1.16 bits per heavy atom. The molecule has 2 aromatic rings. The van der Waals surface area contributed by atoms with E-state index in [-0.39, 0.29) is 35.2 Å². The third-order valence-electron chi connectivity index (χ3n) is 3.25. The lowest BCUT2D eigenvalue weighted by atomic mass is 10.0. The van der Waals surface area contributed by atoms with E-state index in [0.717, 1.165) is 4.80 Å². The summed E-state index contributed by atoms with van der Waals surface area (Å²) in [6.45, 7) is 1.76. The molecule has 0 fully saturated rings. The lowest BCUT2D eigenvalue weighted by Gasteiger charge is -2.11. The van der Waals surface area contributed by atoms with Gasteiger partial charge in [0.05, 0.1) is 26.4 Å². The van der Waals surface area contributed by atoms with Crippen molar-refractivity contribution in [1.82, 2.24) is 15.0 Å². The molecule has 134 valence electrons. The van der Waals surface area contributed by atoms with Crippen molar-refractivity contribution in [2.75, 3.05) is 26.6 Å². The zero-order valence-electron chi connectivity index (χ0n) is 13.9. The summed E-state index contributed by atoms with van der Waals surface area (Å²) >= 11 is 5.68. The number of esters is 1. The van der Waals surface area contributed by atoms with Crippen LogP contribution in [0.2, 0.25) is 0 Å². The van der Waals surface area contributed by atoms with Gasteiger partial charge in [0, 0.05) is 11.8 Å². The highest BCUT2D eigenvalue weighted by Crippen LogP contribution is 2.33. The molecule has 0 unspecified atom stereocenters. The number of hydrogen-bond donors (Lipinski definition) is 1. The van der Waals surface area contributed by atoms with E-state index in [9.17, 15) is 9.59 Å². The van der Waals surface area contributed by atoms with Crippen molar-refractivity contribution >= 4 is 29.0 Å². The number of ether oxygens (including phenoxy) is 3. The molecule has 10 heteroatoms. The lowest BCUT2D eigenvalue weighted by molar-refractivity contribution is 0.0515. The molecule has 0 aliphatic rings. The SMILES string of the molecule is CCOC(=O)c1nn(CCl)nc1C(=O)c1cc(OC)c(OC)cc1N. The van der Waals surface area contributed by atoms with Crippen molar-refractivity contribution in [3.05, 3.63) is 29.1 Å². The van der Waals surface area contributed by atoms with Gasteiger partial charge in [0.25, 0.3) is 0 Å². The molecule has 0 radical (unpaired) electrons. The number of rotatable bonds is 7. The Bertz CT molecular complexity index is 805. The highest BCUT2D eigenvalue weighted by molar-refractivity contribution is 6.16. The fourth-order valence-corrected chi connectivity index (χ4v) is 2.22. The molecule has 0 atom stereocenters. The number of alkyl halides is 1. The van der Waals surface area contributed by atoms with Crippen LogP contribution in [0.3, 0.4) is 0 Å². The summed E-state index contributed by atoms with van der Waals surface area (Å²) in [4.78, 5) is 25.9. The minimum absolute atomic E-state index is 0.0878. The molecule has 0 spiro atoms. The minimum atomic E-state index is -0.777. The normalized spacial score (nSPS) is 10.4. The predicted molar refractivity (Wildman–Crippen MR) is 89.2 cm³/mol. The zero-order valence-corrected chi connectivity index (χ0v) is 14.7. The number of nitrogens with zero attached hydrogens (tertiary/aromatic N) is 3. The molecule has 0 saturated carbocycles. The standard InChI is InChI=1S/C15H17ClN4O5/c1-4-25-15(22)13-12(18-20(7-16)19-13)14(21)8-5-10(23-2)11(24-3)6-9(8)17/h5-6H,4,7,17H2,1-3H3. The van der Waals surface area contributed by atoms with Gasteiger partial charge in [0.15, 0.2) is 17.2 Å². The molecule has 1 heterocycles. The van der Waals surface area contributed by atoms with E-state index in [1.165, 1.54) is 26.4 Å². The van der Waals surface area contributed by atoms with Gasteiger partial charge in [0.1, 0.15) is 6.00 Å². The maximum Gasteiger partial charge on any atom is 0.361 e. The van der Waals surface area contributed by atoms with Gasteiger partial charge in [-0.05, 0) is 13.0 Å². The average Bonchev–Trinajstić information content (AvgIpc) is 3.05. The number of methoxy groups -OCH3 is 2.